The van der Waals surface area contributed by atoms with Crippen LogP contribution < -0.4 is 15.4 Å². The number of carbonyl (C=O) groups is 2. The van der Waals surface area contributed by atoms with Gasteiger partial charge in [-0.25, -0.2) is 4.79 Å². The zero-order valence-electron chi connectivity index (χ0n) is 22.9. The van der Waals surface area contributed by atoms with E-state index in [9.17, 15) is 14.7 Å². The second-order valence-electron chi connectivity index (χ2n) is 9.98. The fourth-order valence-electron chi connectivity index (χ4n) is 4.78. The van der Waals surface area contributed by atoms with E-state index in [1.807, 2.05) is 48.5 Å². The van der Waals surface area contributed by atoms with Crippen LogP contribution >= 0.6 is 15.9 Å². The fourth-order valence-corrected chi connectivity index (χ4v) is 5.27. The third-order valence-electron chi connectivity index (χ3n) is 7.03. The summed E-state index contributed by atoms with van der Waals surface area (Å²) in [5.74, 6) is 0.384. The number of ether oxygens (including phenoxy) is 2. The molecule has 0 radical (unpaired) electrons. The summed E-state index contributed by atoms with van der Waals surface area (Å²) in [5, 5.41) is 15.4. The maximum Gasteiger partial charge on any atom is 0.411 e. The maximum atomic E-state index is 12.8. The number of hydrogen-bond donors (Lipinski definition) is 3. The minimum Gasteiger partial charge on any atom is -0.496 e. The Balaban J connectivity index is 1.39. The molecule has 0 unspecified atom stereocenters. The predicted molar refractivity (Wildman–Crippen MR) is 161 cm³/mol. The zero-order chi connectivity index (χ0) is 28.5. The fraction of sp³-hybridized carbons (Fsp3) is 0.355. The lowest BCUT2D eigenvalue weighted by molar-refractivity contribution is -0.116. The first-order valence-corrected chi connectivity index (χ1v) is 14.3. The molecule has 0 aliphatic carbocycles. The van der Waals surface area contributed by atoms with Crippen LogP contribution in [0, 0.1) is 0 Å². The summed E-state index contributed by atoms with van der Waals surface area (Å²) >= 11 is 3.44. The van der Waals surface area contributed by atoms with Crippen LogP contribution in [0.2, 0.25) is 0 Å². The molecule has 0 bridgehead atoms. The van der Waals surface area contributed by atoms with Crippen molar-refractivity contribution >= 4 is 39.3 Å². The number of carbonyl (C=O) groups excluding carboxylic acids is 2. The lowest BCUT2D eigenvalue weighted by atomic mass is 9.99. The molecule has 4 rings (SSSR count). The highest BCUT2D eigenvalue weighted by molar-refractivity contribution is 9.10. The van der Waals surface area contributed by atoms with Gasteiger partial charge in [-0.15, -0.1) is 0 Å². The van der Waals surface area contributed by atoms with Crippen molar-refractivity contribution in [2.75, 3.05) is 37.9 Å². The number of piperidine rings is 1. The molecule has 2 amide bonds. The molecule has 3 aromatic carbocycles. The van der Waals surface area contributed by atoms with Gasteiger partial charge in [0.2, 0.25) is 5.91 Å². The average Bonchev–Trinajstić information content (AvgIpc) is 2.95. The molecule has 1 fully saturated rings. The third-order valence-corrected chi connectivity index (χ3v) is 7.68. The number of aliphatic hydroxyl groups is 1. The van der Waals surface area contributed by atoms with Crippen molar-refractivity contribution in [2.24, 2.45) is 0 Å². The van der Waals surface area contributed by atoms with E-state index in [1.165, 1.54) is 7.11 Å². The number of nitrogens with one attached hydrogen (secondary N) is 2. The van der Waals surface area contributed by atoms with Crippen LogP contribution in [0.4, 0.5) is 16.2 Å². The second kappa shape index (κ2) is 14.3. The molecule has 0 spiro atoms. The van der Waals surface area contributed by atoms with Crippen LogP contribution in [0.15, 0.2) is 65.1 Å². The summed E-state index contributed by atoms with van der Waals surface area (Å²) in [6.07, 6.45) is 2.72. The van der Waals surface area contributed by atoms with Gasteiger partial charge in [-0.1, -0.05) is 42.5 Å². The molecular formula is C31H36BrN3O5. The van der Waals surface area contributed by atoms with Gasteiger partial charge in [-0.2, -0.15) is 0 Å². The first-order chi connectivity index (χ1) is 19.4. The number of hydrogen-bond acceptors (Lipinski definition) is 6. The number of anilines is 2. The smallest absolute Gasteiger partial charge is 0.411 e. The Hall–Kier alpha value is -3.40. The van der Waals surface area contributed by atoms with Gasteiger partial charge in [-0.3, -0.25) is 10.1 Å². The normalized spacial score (nSPS) is 14.0. The van der Waals surface area contributed by atoms with Gasteiger partial charge in [0.25, 0.3) is 0 Å². The Morgan fingerprint density at radius 2 is 1.77 bits per heavy atom. The number of amides is 2. The van der Waals surface area contributed by atoms with Crippen LogP contribution in [0.3, 0.4) is 0 Å². The van der Waals surface area contributed by atoms with E-state index in [2.05, 4.69) is 38.5 Å². The van der Waals surface area contributed by atoms with Gasteiger partial charge >= 0.3 is 6.09 Å². The van der Waals surface area contributed by atoms with Gasteiger partial charge < -0.3 is 24.8 Å². The highest BCUT2D eigenvalue weighted by Crippen LogP contribution is 2.32. The summed E-state index contributed by atoms with van der Waals surface area (Å²) in [6.45, 7) is 1.66. The molecule has 1 aliphatic heterocycles. The minimum absolute atomic E-state index is 0.0853. The molecule has 1 saturated heterocycles. The van der Waals surface area contributed by atoms with E-state index in [0.29, 0.717) is 46.4 Å². The van der Waals surface area contributed by atoms with E-state index in [4.69, 9.17) is 9.47 Å². The van der Waals surface area contributed by atoms with Crippen LogP contribution in [0.25, 0.3) is 11.1 Å². The number of halogens is 1. The van der Waals surface area contributed by atoms with E-state index >= 15 is 0 Å². The summed E-state index contributed by atoms with van der Waals surface area (Å²) in [4.78, 5) is 27.7. The molecule has 0 aromatic heterocycles. The molecule has 1 aliphatic rings. The van der Waals surface area contributed by atoms with Gasteiger partial charge in [0.05, 0.1) is 25.1 Å². The number of aliphatic hydroxyl groups excluding tert-OH is 1. The maximum absolute atomic E-state index is 12.8. The number of aryl methyl sites for hydroxylation is 1. The Labute approximate surface area is 243 Å². The topological polar surface area (TPSA) is 100 Å². The van der Waals surface area contributed by atoms with Crippen molar-refractivity contribution < 1.29 is 24.2 Å². The lowest BCUT2D eigenvalue weighted by Gasteiger charge is -2.28. The van der Waals surface area contributed by atoms with Crippen LogP contribution in [0.5, 0.6) is 5.75 Å². The van der Waals surface area contributed by atoms with Crippen molar-refractivity contribution in [3.63, 3.8) is 0 Å². The average molecular weight is 611 g/mol. The highest BCUT2D eigenvalue weighted by Gasteiger charge is 2.21. The SMILES string of the molecule is COc1cc(NC(=O)CCCc2ccc(-c3ccccc3)c(NC(=O)OC3CCN(C)CC3)c2)c(Br)cc1CO. The zero-order valence-corrected chi connectivity index (χ0v) is 24.5. The van der Waals surface area contributed by atoms with Crippen molar-refractivity contribution in [3.05, 3.63) is 76.3 Å². The van der Waals surface area contributed by atoms with Gasteiger partial charge in [0.1, 0.15) is 11.9 Å². The molecule has 3 aromatic rings. The summed E-state index contributed by atoms with van der Waals surface area (Å²) in [6, 6.07) is 19.3. The van der Waals surface area contributed by atoms with Crippen LogP contribution in [-0.4, -0.2) is 55.4 Å². The molecule has 212 valence electrons. The molecule has 1 heterocycles. The van der Waals surface area contributed by atoms with E-state index < -0.39 is 6.09 Å². The number of benzene rings is 3. The summed E-state index contributed by atoms with van der Waals surface area (Å²) in [7, 11) is 3.59. The summed E-state index contributed by atoms with van der Waals surface area (Å²) < 4.78 is 11.7. The van der Waals surface area contributed by atoms with E-state index in [1.54, 1.807) is 12.1 Å². The lowest BCUT2D eigenvalue weighted by Crippen LogP contribution is -2.36. The number of methoxy groups -OCH3 is 1. The van der Waals surface area contributed by atoms with Crippen molar-refractivity contribution in [1.82, 2.24) is 4.90 Å². The molecule has 3 N–H and O–H groups in total. The third kappa shape index (κ3) is 8.06. The quantitative estimate of drug-likeness (QED) is 0.252. The Morgan fingerprint density at radius 3 is 2.48 bits per heavy atom. The molecule has 40 heavy (non-hydrogen) atoms. The van der Waals surface area contributed by atoms with Crippen LogP contribution in [-0.2, 0) is 22.6 Å². The van der Waals surface area contributed by atoms with E-state index in [-0.39, 0.29) is 18.6 Å². The first-order valence-electron chi connectivity index (χ1n) is 13.5. The highest BCUT2D eigenvalue weighted by atomic mass is 79.9. The Kier molecular flexibility index (Phi) is 10.6. The van der Waals surface area contributed by atoms with Gasteiger partial charge in [-0.05, 0) is 71.9 Å². The monoisotopic (exact) mass is 609 g/mol. The second-order valence-corrected chi connectivity index (χ2v) is 10.8. The van der Waals surface area contributed by atoms with Gasteiger partial charge in [0.15, 0.2) is 0 Å². The van der Waals surface area contributed by atoms with E-state index in [0.717, 1.165) is 42.6 Å². The first kappa shape index (κ1) is 29.6. The van der Waals surface area contributed by atoms with Crippen molar-refractivity contribution in [3.8, 4) is 16.9 Å². The number of rotatable bonds is 10. The summed E-state index contributed by atoms with van der Waals surface area (Å²) in [5.41, 5.74) is 4.82. The minimum atomic E-state index is -0.448. The van der Waals surface area contributed by atoms with Gasteiger partial charge in [0, 0.05) is 41.2 Å². The molecular weight excluding hydrogens is 574 g/mol. The van der Waals surface area contributed by atoms with Crippen molar-refractivity contribution in [1.29, 1.82) is 0 Å². The predicted octanol–water partition coefficient (Wildman–Crippen LogP) is 6.22. The largest absolute Gasteiger partial charge is 0.496 e. The number of nitrogens with zero attached hydrogens (tertiary/aromatic N) is 1. The number of likely N-dealkylation sites (tertiary alicyclic amines) is 1. The molecule has 8 nitrogen and oxygen atoms in total. The Bertz CT molecular complexity index is 1310. The van der Waals surface area contributed by atoms with Crippen LogP contribution in [0.1, 0.15) is 36.8 Å². The molecule has 0 atom stereocenters. The molecule has 9 heteroatoms. The standard InChI is InChI=1S/C31H36BrN3O5/c1-35-15-13-24(14-16-35)40-31(38)34-27-17-21(11-12-25(27)22-8-4-3-5-9-22)7-6-10-30(37)33-28-19-29(39-2)23(20-36)18-26(28)32/h3-5,8-9,11-12,17-19,24,36H,6-7,10,13-16,20H2,1-2H3,(H,33,37)(H,34,38). The molecule has 0 saturated carbocycles. The Morgan fingerprint density at radius 1 is 1.02 bits per heavy atom. The van der Waals surface area contributed by atoms with Crippen molar-refractivity contribution in [2.45, 2.75) is 44.8 Å².